The maximum atomic E-state index is 9.72. The summed E-state index contributed by atoms with van der Waals surface area (Å²) >= 11 is 4.85. The first-order valence-electron chi connectivity index (χ1n) is 4.40. The molecule has 0 aliphatic carbocycles. The van der Waals surface area contributed by atoms with Crippen molar-refractivity contribution in [3.63, 3.8) is 0 Å². The van der Waals surface area contributed by atoms with Crippen LogP contribution in [-0.4, -0.2) is 17.2 Å². The molecule has 4 nitrogen and oxygen atoms in total. The SMILES string of the molecule is CC=CC(=O)Cl.C[N+](=O)[O-].[CH3-].[V].c1ccccc1. The van der Waals surface area contributed by atoms with Gasteiger partial charge in [-0.05, 0) is 24.6 Å². The molecule has 0 N–H and O–H groups in total. The van der Waals surface area contributed by atoms with Gasteiger partial charge in [-0.3, -0.25) is 14.9 Å². The standard InChI is InChI=1S/C6H6.C4H5ClO.CH3NO2.CH3.V/c1-2-4-6-5-3-1;1-2-3-4(5)6;1-2(3)4;;/h1-6H;2-3H,1H3;1H3;1H3;/q;;;-1;. The predicted molar refractivity (Wildman–Crippen MR) is 71.4 cm³/mol. The van der Waals surface area contributed by atoms with Gasteiger partial charge in [0.25, 0.3) is 0 Å². The largest absolute Gasteiger partial charge is 0.358 e. The first kappa shape index (κ1) is 25.7. The maximum absolute atomic E-state index is 9.72. The topological polar surface area (TPSA) is 60.2 Å². The van der Waals surface area contributed by atoms with Crippen molar-refractivity contribution in [3.05, 3.63) is 66.1 Å². The molecule has 1 aromatic rings. The number of allylic oxidation sites excluding steroid dienone is 2. The third-order valence-corrected chi connectivity index (χ3v) is 1.09. The van der Waals surface area contributed by atoms with Crippen LogP contribution in [0.4, 0.5) is 0 Å². The zero-order chi connectivity index (χ0) is 12.8. The van der Waals surface area contributed by atoms with Crippen LogP contribution in [0, 0.1) is 17.5 Å². The van der Waals surface area contributed by atoms with Crippen LogP contribution in [0.1, 0.15) is 6.92 Å². The fourth-order valence-corrected chi connectivity index (χ4v) is 0.642. The van der Waals surface area contributed by atoms with Gasteiger partial charge in [-0.25, -0.2) is 0 Å². The van der Waals surface area contributed by atoms with Gasteiger partial charge in [-0.2, -0.15) is 0 Å². The Morgan fingerprint density at radius 3 is 1.44 bits per heavy atom. The average Bonchev–Trinajstić information content (AvgIpc) is 2.20. The summed E-state index contributed by atoms with van der Waals surface area (Å²) in [6, 6.07) is 12.0. The number of nitro groups is 1. The van der Waals surface area contributed by atoms with E-state index in [1.807, 2.05) is 36.4 Å². The fourth-order valence-electron chi connectivity index (χ4n) is 0.516. The van der Waals surface area contributed by atoms with Gasteiger partial charge in [0, 0.05) is 23.5 Å². The van der Waals surface area contributed by atoms with Gasteiger partial charge in [-0.1, -0.05) is 42.5 Å². The van der Waals surface area contributed by atoms with Crippen LogP contribution in [0.2, 0.25) is 0 Å². The molecule has 1 radical (unpaired) electrons. The molecule has 0 aliphatic heterocycles. The van der Waals surface area contributed by atoms with Crippen LogP contribution in [0.25, 0.3) is 0 Å². The molecule has 0 fully saturated rings. The zero-order valence-corrected chi connectivity index (χ0v) is 12.8. The van der Waals surface area contributed by atoms with Gasteiger partial charge in [-0.15, -0.1) is 0 Å². The Bertz CT molecular complexity index is 288. The third kappa shape index (κ3) is 46.1. The monoisotopic (exact) mass is 309 g/mol. The van der Waals surface area contributed by atoms with Crippen molar-refractivity contribution in [1.29, 1.82) is 0 Å². The second-order valence-electron chi connectivity index (χ2n) is 2.40. The smallest absolute Gasteiger partial charge is 0.244 e. The Labute approximate surface area is 125 Å². The first-order chi connectivity index (χ1) is 7.50. The van der Waals surface area contributed by atoms with Crippen LogP contribution in [0.3, 0.4) is 0 Å². The Kier molecular flexibility index (Phi) is 30.3. The van der Waals surface area contributed by atoms with Gasteiger partial charge in [0.05, 0.1) is 0 Å². The summed E-state index contributed by atoms with van der Waals surface area (Å²) in [5.74, 6) is 0. The van der Waals surface area contributed by atoms with Crippen LogP contribution in [0.15, 0.2) is 48.6 Å². The molecule has 101 valence electrons. The summed E-state index contributed by atoms with van der Waals surface area (Å²) < 4.78 is 0. The van der Waals surface area contributed by atoms with Crippen LogP contribution >= 0.6 is 11.6 Å². The predicted octanol–water partition coefficient (Wildman–Crippen LogP) is 3.36. The summed E-state index contributed by atoms with van der Waals surface area (Å²) in [4.78, 5) is 18.0. The Balaban J connectivity index is -0.0000000792. The van der Waals surface area contributed by atoms with Crippen molar-refractivity contribution in [1.82, 2.24) is 0 Å². The van der Waals surface area contributed by atoms with E-state index in [0.29, 0.717) is 0 Å². The molecule has 0 spiro atoms. The molecule has 0 aliphatic rings. The van der Waals surface area contributed by atoms with Gasteiger partial charge in [0.15, 0.2) is 7.05 Å². The fraction of sp³-hybridized carbons (Fsp3) is 0.167. The molecule has 0 saturated carbocycles. The molecule has 0 bridgehead atoms. The van der Waals surface area contributed by atoms with Crippen LogP contribution in [-0.2, 0) is 23.4 Å². The van der Waals surface area contributed by atoms with Gasteiger partial charge < -0.3 is 7.43 Å². The van der Waals surface area contributed by atoms with Gasteiger partial charge in [0.2, 0.25) is 5.24 Å². The van der Waals surface area contributed by atoms with Crippen molar-refractivity contribution in [2.75, 3.05) is 7.05 Å². The number of hydrogen-bond donors (Lipinski definition) is 0. The number of nitrogens with zero attached hydrogens (tertiary/aromatic N) is 1. The first-order valence-corrected chi connectivity index (χ1v) is 4.78. The molecule has 0 atom stereocenters. The van der Waals surface area contributed by atoms with Crippen molar-refractivity contribution >= 4 is 16.8 Å². The van der Waals surface area contributed by atoms with Crippen molar-refractivity contribution in [2.45, 2.75) is 6.92 Å². The minimum atomic E-state index is -0.500. The molecular weight excluding hydrogens is 293 g/mol. The second-order valence-corrected chi connectivity index (χ2v) is 2.77. The molecule has 0 aromatic heterocycles. The number of carbonyl (C=O) groups excluding carboxylic acids is 1. The quantitative estimate of drug-likeness (QED) is 0.263. The number of rotatable bonds is 1. The van der Waals surface area contributed by atoms with Crippen molar-refractivity contribution in [3.8, 4) is 0 Å². The van der Waals surface area contributed by atoms with E-state index < -0.39 is 10.2 Å². The summed E-state index contributed by atoms with van der Waals surface area (Å²) in [6.45, 7) is 1.74. The van der Waals surface area contributed by atoms with E-state index in [2.05, 4.69) is 0 Å². The Hall–Kier alpha value is -1.10. The minimum absolute atomic E-state index is 0. The van der Waals surface area contributed by atoms with Crippen molar-refractivity contribution in [2.24, 2.45) is 0 Å². The van der Waals surface area contributed by atoms with E-state index in [1.54, 1.807) is 13.0 Å². The summed E-state index contributed by atoms with van der Waals surface area (Å²) in [5.41, 5.74) is 0. The van der Waals surface area contributed by atoms with E-state index in [-0.39, 0.29) is 26.0 Å². The molecule has 6 heteroatoms. The summed E-state index contributed by atoms with van der Waals surface area (Å²) in [6.07, 6.45) is 2.89. The van der Waals surface area contributed by atoms with E-state index in [1.165, 1.54) is 6.08 Å². The molecule has 1 rings (SSSR count). The average molecular weight is 310 g/mol. The minimum Gasteiger partial charge on any atom is -0.358 e. The summed E-state index contributed by atoms with van der Waals surface area (Å²) in [7, 11) is 0.889. The third-order valence-electron chi connectivity index (χ3n) is 0.964. The molecule has 0 amide bonds. The van der Waals surface area contributed by atoms with Crippen LogP contribution in [0.5, 0.6) is 0 Å². The Morgan fingerprint density at radius 1 is 1.17 bits per heavy atom. The van der Waals surface area contributed by atoms with Gasteiger partial charge in [0.1, 0.15) is 0 Å². The Morgan fingerprint density at radius 2 is 1.39 bits per heavy atom. The molecule has 18 heavy (non-hydrogen) atoms. The van der Waals surface area contributed by atoms with E-state index >= 15 is 0 Å². The normalized spacial score (nSPS) is 7.28. The molecule has 0 saturated heterocycles. The maximum Gasteiger partial charge on any atom is 0.244 e. The second kappa shape index (κ2) is 21.2. The molecular formula is C12H17ClNO3V-. The van der Waals surface area contributed by atoms with E-state index in [9.17, 15) is 4.79 Å². The van der Waals surface area contributed by atoms with Crippen molar-refractivity contribution < 1.29 is 28.3 Å². The molecule has 0 unspecified atom stereocenters. The summed E-state index contributed by atoms with van der Waals surface area (Å²) in [5, 5.41) is 8.39. The zero-order valence-electron chi connectivity index (χ0n) is 10.6. The van der Waals surface area contributed by atoms with E-state index in [4.69, 9.17) is 21.7 Å². The number of carbonyl (C=O) groups is 1. The number of halogens is 1. The molecule has 1 aromatic carbocycles. The number of hydrogen-bond acceptors (Lipinski definition) is 3. The van der Waals surface area contributed by atoms with E-state index in [0.717, 1.165) is 7.05 Å². The molecule has 0 heterocycles. The number of benzene rings is 1. The van der Waals surface area contributed by atoms with Crippen LogP contribution < -0.4 is 0 Å². The van der Waals surface area contributed by atoms with Gasteiger partial charge >= 0.3 is 0 Å².